The van der Waals surface area contributed by atoms with Crippen molar-refractivity contribution >= 4 is 10.8 Å². The highest BCUT2D eigenvalue weighted by molar-refractivity contribution is 7.84. The maximum absolute atomic E-state index is 11.2. The van der Waals surface area contributed by atoms with E-state index < -0.39 is 10.8 Å². The molecule has 90 valence electrons. The van der Waals surface area contributed by atoms with E-state index in [4.69, 9.17) is 5.11 Å². The number of aliphatic hydroxyl groups is 1. The van der Waals surface area contributed by atoms with Gasteiger partial charge in [-0.1, -0.05) is 12.1 Å². The molecule has 16 heavy (non-hydrogen) atoms. The molecule has 2 N–H and O–H groups in total. The van der Waals surface area contributed by atoms with E-state index in [1.165, 1.54) is 0 Å². The molecule has 0 fully saturated rings. The van der Waals surface area contributed by atoms with Gasteiger partial charge < -0.3 is 10.4 Å². The Labute approximate surface area is 99.3 Å². The van der Waals surface area contributed by atoms with E-state index in [9.17, 15) is 4.21 Å². The summed E-state index contributed by atoms with van der Waals surface area (Å²) in [7, 11) is -0.923. The molecule has 1 aromatic rings. The van der Waals surface area contributed by atoms with Crippen molar-refractivity contribution in [1.82, 2.24) is 5.32 Å². The molecule has 0 amide bonds. The largest absolute Gasteiger partial charge is 0.395 e. The normalized spacial score (nSPS) is 16.8. The lowest BCUT2D eigenvalue weighted by Crippen LogP contribution is -2.31. The van der Waals surface area contributed by atoms with Gasteiger partial charge in [-0.3, -0.25) is 4.21 Å². The van der Waals surface area contributed by atoms with Crippen molar-refractivity contribution in [2.24, 2.45) is 0 Å². The van der Waals surface area contributed by atoms with Gasteiger partial charge in [-0.2, -0.15) is 0 Å². The first-order valence-corrected chi connectivity index (χ1v) is 6.90. The van der Waals surface area contributed by atoms with Crippen LogP contribution in [0.15, 0.2) is 29.2 Å². The van der Waals surface area contributed by atoms with Crippen molar-refractivity contribution in [3.05, 3.63) is 29.8 Å². The molecule has 1 aromatic carbocycles. The summed E-state index contributed by atoms with van der Waals surface area (Å²) in [5.41, 5.74) is 1.13. The van der Waals surface area contributed by atoms with Crippen LogP contribution < -0.4 is 5.32 Å². The van der Waals surface area contributed by atoms with Crippen LogP contribution in [-0.4, -0.2) is 28.2 Å². The molecular weight excluding hydrogens is 222 g/mol. The van der Waals surface area contributed by atoms with Crippen LogP contribution in [0.25, 0.3) is 0 Å². The molecule has 1 rings (SSSR count). The van der Waals surface area contributed by atoms with Crippen LogP contribution in [0.4, 0.5) is 0 Å². The summed E-state index contributed by atoms with van der Waals surface area (Å²) in [4.78, 5) is 0.839. The zero-order valence-corrected chi connectivity index (χ0v) is 10.8. The second-order valence-electron chi connectivity index (χ2n) is 4.00. The third-order valence-electron chi connectivity index (χ3n) is 2.52. The topological polar surface area (TPSA) is 49.3 Å². The molecule has 0 aliphatic heterocycles. The summed E-state index contributed by atoms with van der Waals surface area (Å²) in [6, 6.07) is 7.97. The third kappa shape index (κ3) is 3.70. The Morgan fingerprint density at radius 2 is 1.88 bits per heavy atom. The van der Waals surface area contributed by atoms with E-state index >= 15 is 0 Å². The minimum Gasteiger partial charge on any atom is -0.395 e. The van der Waals surface area contributed by atoms with E-state index in [1.807, 2.05) is 38.1 Å². The van der Waals surface area contributed by atoms with Crippen LogP contribution in [-0.2, 0) is 10.8 Å². The first kappa shape index (κ1) is 13.4. The van der Waals surface area contributed by atoms with Gasteiger partial charge in [0.2, 0.25) is 0 Å². The summed E-state index contributed by atoms with van der Waals surface area (Å²) in [5.74, 6) is 0. The van der Waals surface area contributed by atoms with Crippen LogP contribution in [0.1, 0.15) is 25.5 Å². The first-order chi connectivity index (χ1) is 7.54. The van der Waals surface area contributed by atoms with E-state index in [0.717, 1.165) is 10.5 Å². The van der Waals surface area contributed by atoms with Crippen molar-refractivity contribution in [1.29, 1.82) is 0 Å². The molecule has 0 saturated heterocycles. The summed E-state index contributed by atoms with van der Waals surface area (Å²) in [5, 5.41) is 12.2. The Morgan fingerprint density at radius 1 is 1.31 bits per heavy atom. The van der Waals surface area contributed by atoms with E-state index in [0.29, 0.717) is 0 Å². The average Bonchev–Trinajstić information content (AvgIpc) is 2.28. The predicted molar refractivity (Wildman–Crippen MR) is 66.9 cm³/mol. The molecule has 0 spiro atoms. The van der Waals surface area contributed by atoms with Gasteiger partial charge in [0.15, 0.2) is 0 Å². The van der Waals surface area contributed by atoms with Gasteiger partial charge in [0.25, 0.3) is 0 Å². The molecule has 0 aliphatic rings. The quantitative estimate of drug-likeness (QED) is 0.820. The Kier molecular flexibility index (Phi) is 5.12. The molecule has 0 saturated carbocycles. The van der Waals surface area contributed by atoms with Crippen LogP contribution in [0, 0.1) is 0 Å². The third-order valence-corrected chi connectivity index (χ3v) is 3.46. The predicted octanol–water partition coefficient (Wildman–Crippen LogP) is 1.46. The maximum Gasteiger partial charge on any atom is 0.0582 e. The molecule has 3 unspecified atom stereocenters. The Morgan fingerprint density at radius 3 is 2.31 bits per heavy atom. The van der Waals surface area contributed by atoms with Crippen LogP contribution in [0.3, 0.4) is 0 Å². The molecular formula is C12H19NO2S. The maximum atomic E-state index is 11.2. The summed E-state index contributed by atoms with van der Waals surface area (Å²) in [6.45, 7) is 4.11. The Balaban J connectivity index is 2.70. The molecule has 0 aliphatic carbocycles. The SMILES string of the molecule is CC(CO)NC(C)c1ccc(S(C)=O)cc1. The van der Waals surface area contributed by atoms with Crippen molar-refractivity contribution in [3.63, 3.8) is 0 Å². The molecule has 3 nitrogen and oxygen atoms in total. The molecule has 0 aromatic heterocycles. The zero-order chi connectivity index (χ0) is 12.1. The van der Waals surface area contributed by atoms with Gasteiger partial charge in [0, 0.05) is 34.0 Å². The number of hydrogen-bond donors (Lipinski definition) is 2. The van der Waals surface area contributed by atoms with Crippen LogP contribution in [0.2, 0.25) is 0 Å². The molecule has 0 bridgehead atoms. The highest BCUT2D eigenvalue weighted by Crippen LogP contribution is 2.15. The molecule has 0 radical (unpaired) electrons. The number of hydrogen-bond acceptors (Lipinski definition) is 3. The highest BCUT2D eigenvalue weighted by Gasteiger charge is 2.08. The van der Waals surface area contributed by atoms with Crippen molar-refractivity contribution in [2.75, 3.05) is 12.9 Å². The van der Waals surface area contributed by atoms with Gasteiger partial charge in [-0.15, -0.1) is 0 Å². The number of rotatable bonds is 5. The molecule has 4 heteroatoms. The fourth-order valence-electron chi connectivity index (χ4n) is 1.52. The van der Waals surface area contributed by atoms with Crippen molar-refractivity contribution in [3.8, 4) is 0 Å². The van der Waals surface area contributed by atoms with Gasteiger partial charge >= 0.3 is 0 Å². The van der Waals surface area contributed by atoms with Gasteiger partial charge in [0.05, 0.1) is 6.61 Å². The first-order valence-electron chi connectivity index (χ1n) is 5.35. The fraction of sp³-hybridized carbons (Fsp3) is 0.500. The van der Waals surface area contributed by atoms with E-state index in [2.05, 4.69) is 5.32 Å². The fourth-order valence-corrected chi connectivity index (χ4v) is 2.04. The van der Waals surface area contributed by atoms with Gasteiger partial charge in [-0.05, 0) is 31.5 Å². The second-order valence-corrected chi connectivity index (χ2v) is 5.37. The second kappa shape index (κ2) is 6.13. The van der Waals surface area contributed by atoms with Crippen molar-refractivity contribution in [2.45, 2.75) is 30.8 Å². The number of nitrogens with one attached hydrogen (secondary N) is 1. The number of benzene rings is 1. The minimum absolute atomic E-state index is 0.0787. The summed E-state index contributed by atoms with van der Waals surface area (Å²) < 4.78 is 11.2. The van der Waals surface area contributed by atoms with Gasteiger partial charge in [-0.25, -0.2) is 0 Å². The number of aliphatic hydroxyl groups excluding tert-OH is 1. The monoisotopic (exact) mass is 241 g/mol. The average molecular weight is 241 g/mol. The molecule has 3 atom stereocenters. The summed E-state index contributed by atoms with van der Waals surface area (Å²) >= 11 is 0. The van der Waals surface area contributed by atoms with Crippen molar-refractivity contribution < 1.29 is 9.32 Å². The molecule has 0 heterocycles. The van der Waals surface area contributed by atoms with Crippen LogP contribution in [0.5, 0.6) is 0 Å². The van der Waals surface area contributed by atoms with E-state index in [1.54, 1.807) is 6.26 Å². The minimum atomic E-state index is -0.923. The smallest absolute Gasteiger partial charge is 0.0582 e. The van der Waals surface area contributed by atoms with Crippen LogP contribution >= 0.6 is 0 Å². The highest BCUT2D eigenvalue weighted by atomic mass is 32.2. The standard InChI is InChI=1S/C12H19NO2S/c1-9(8-14)13-10(2)11-4-6-12(7-5-11)16(3)15/h4-7,9-10,13-14H,8H2,1-3H3. The lowest BCUT2D eigenvalue weighted by molar-refractivity contribution is 0.243. The van der Waals surface area contributed by atoms with Gasteiger partial charge in [0.1, 0.15) is 0 Å². The van der Waals surface area contributed by atoms with E-state index in [-0.39, 0.29) is 18.7 Å². The Hall–Kier alpha value is -0.710. The zero-order valence-electron chi connectivity index (χ0n) is 9.93. The lowest BCUT2D eigenvalue weighted by atomic mass is 10.1. The Bertz CT molecular complexity index is 351. The lowest BCUT2D eigenvalue weighted by Gasteiger charge is -2.18. The summed E-state index contributed by atoms with van der Waals surface area (Å²) in [6.07, 6.45) is 1.67.